The van der Waals surface area contributed by atoms with Crippen molar-refractivity contribution in [3.05, 3.63) is 162 Å². The van der Waals surface area contributed by atoms with Gasteiger partial charge in [0.25, 0.3) is 0 Å². The van der Waals surface area contributed by atoms with Crippen LogP contribution in [0.1, 0.15) is 0 Å². The van der Waals surface area contributed by atoms with Crippen LogP contribution in [0, 0.1) is 0 Å². The van der Waals surface area contributed by atoms with E-state index in [1.165, 1.54) is 5.56 Å². The Bertz CT molecular complexity index is 2790. The molecule has 240 valence electrons. The molecule has 7 aromatic carbocycles. The number of fused-ring (bicyclic) bond motifs is 6. The molecule has 0 aliphatic heterocycles. The molecule has 0 bridgehead atoms. The Morgan fingerprint density at radius 1 is 0.314 bits per heavy atom. The van der Waals surface area contributed by atoms with Crippen molar-refractivity contribution in [1.29, 1.82) is 0 Å². The molecule has 0 radical (unpaired) electrons. The monoisotopic (exact) mass is 719 g/mol. The van der Waals surface area contributed by atoms with Gasteiger partial charge >= 0.3 is 0 Å². The highest BCUT2D eigenvalue weighted by Gasteiger charge is 2.17. The van der Waals surface area contributed by atoms with E-state index >= 15 is 0 Å². The predicted octanol–water partition coefficient (Wildman–Crippen LogP) is 12.8. The minimum Gasteiger partial charge on any atom is -0.456 e. The van der Waals surface area contributed by atoms with Crippen LogP contribution in [0.3, 0.4) is 0 Å². The SMILES string of the molecule is Brc1ccc(-c2ccc(-c3cccc(-c4nc(-c5ccc6c(c5)oc5ccccc56)nc(-c5ccc6c(c5)oc5ccccc56)n4)c3)cc2)cc1. The van der Waals surface area contributed by atoms with Crippen LogP contribution in [0.2, 0.25) is 0 Å². The van der Waals surface area contributed by atoms with Crippen molar-refractivity contribution in [2.24, 2.45) is 0 Å². The molecule has 0 saturated heterocycles. The molecule has 0 aliphatic rings. The van der Waals surface area contributed by atoms with E-state index < -0.39 is 0 Å². The van der Waals surface area contributed by atoms with Gasteiger partial charge in [-0.3, -0.25) is 0 Å². The number of benzene rings is 7. The van der Waals surface area contributed by atoms with Gasteiger partial charge in [0.1, 0.15) is 22.3 Å². The van der Waals surface area contributed by atoms with Crippen LogP contribution >= 0.6 is 15.9 Å². The van der Waals surface area contributed by atoms with E-state index in [0.717, 1.165) is 81.7 Å². The summed E-state index contributed by atoms with van der Waals surface area (Å²) in [4.78, 5) is 15.2. The van der Waals surface area contributed by atoms with Gasteiger partial charge in [-0.25, -0.2) is 15.0 Å². The van der Waals surface area contributed by atoms with Crippen molar-refractivity contribution in [1.82, 2.24) is 15.0 Å². The minimum absolute atomic E-state index is 0.561. The van der Waals surface area contributed by atoms with Crippen molar-refractivity contribution in [3.8, 4) is 56.4 Å². The third kappa shape index (κ3) is 5.28. The van der Waals surface area contributed by atoms with E-state index in [9.17, 15) is 0 Å². The molecular weight excluding hydrogens is 694 g/mol. The number of hydrogen-bond acceptors (Lipinski definition) is 5. The first kappa shape index (κ1) is 29.5. The van der Waals surface area contributed by atoms with E-state index in [1.54, 1.807) is 0 Å². The van der Waals surface area contributed by atoms with Crippen molar-refractivity contribution < 1.29 is 8.83 Å². The summed E-state index contributed by atoms with van der Waals surface area (Å²) in [6, 6.07) is 53.8. The standard InChI is InChI=1S/C45H26BrN3O2/c46-34-20-16-28(17-21-34)27-12-14-29(15-13-27)30-6-5-7-31(24-30)43-47-44(32-18-22-37-35-8-1-3-10-39(35)50-41(37)25-32)49-45(48-43)33-19-23-38-36-9-2-4-11-40(36)51-42(38)26-33/h1-26H. The van der Waals surface area contributed by atoms with E-state index in [0.29, 0.717) is 17.5 Å². The smallest absolute Gasteiger partial charge is 0.164 e. The van der Waals surface area contributed by atoms with Crippen LogP contribution in [-0.4, -0.2) is 15.0 Å². The van der Waals surface area contributed by atoms with Gasteiger partial charge in [0.05, 0.1) is 0 Å². The zero-order valence-corrected chi connectivity index (χ0v) is 28.6. The molecule has 0 unspecified atom stereocenters. The lowest BCUT2D eigenvalue weighted by Crippen LogP contribution is -2.00. The van der Waals surface area contributed by atoms with Crippen LogP contribution < -0.4 is 0 Å². The lowest BCUT2D eigenvalue weighted by molar-refractivity contribution is 0.668. The van der Waals surface area contributed by atoms with Crippen molar-refractivity contribution in [2.45, 2.75) is 0 Å². The first-order chi connectivity index (χ1) is 25.1. The van der Waals surface area contributed by atoms with Crippen molar-refractivity contribution in [2.75, 3.05) is 0 Å². The second-order valence-corrected chi connectivity index (χ2v) is 13.5. The van der Waals surface area contributed by atoms with E-state index in [4.69, 9.17) is 23.8 Å². The number of hydrogen-bond donors (Lipinski definition) is 0. The highest BCUT2D eigenvalue weighted by Crippen LogP contribution is 2.35. The molecule has 6 heteroatoms. The van der Waals surface area contributed by atoms with Gasteiger partial charge in [0.2, 0.25) is 0 Å². The second-order valence-electron chi connectivity index (χ2n) is 12.6. The van der Waals surface area contributed by atoms with Gasteiger partial charge in [0.15, 0.2) is 17.5 Å². The molecule has 10 aromatic rings. The van der Waals surface area contributed by atoms with Gasteiger partial charge in [-0.1, -0.05) is 119 Å². The Hall–Kier alpha value is -6.37. The molecule has 0 amide bonds. The topological polar surface area (TPSA) is 65.0 Å². The van der Waals surface area contributed by atoms with Gasteiger partial charge in [0, 0.05) is 42.7 Å². The summed E-state index contributed by atoms with van der Waals surface area (Å²) in [7, 11) is 0. The zero-order valence-electron chi connectivity index (χ0n) is 27.0. The normalized spacial score (nSPS) is 11.6. The summed E-state index contributed by atoms with van der Waals surface area (Å²) in [5.41, 5.74) is 10.4. The van der Waals surface area contributed by atoms with Crippen LogP contribution in [0.5, 0.6) is 0 Å². The second kappa shape index (κ2) is 11.9. The average molecular weight is 721 g/mol. The third-order valence-electron chi connectivity index (χ3n) is 9.43. The fraction of sp³-hybridized carbons (Fsp3) is 0. The predicted molar refractivity (Wildman–Crippen MR) is 209 cm³/mol. The summed E-state index contributed by atoms with van der Waals surface area (Å²) in [5, 5.41) is 4.27. The number of aromatic nitrogens is 3. The number of rotatable bonds is 5. The number of para-hydroxylation sites is 2. The summed E-state index contributed by atoms with van der Waals surface area (Å²) >= 11 is 3.53. The van der Waals surface area contributed by atoms with E-state index in [1.807, 2.05) is 54.6 Å². The van der Waals surface area contributed by atoms with Gasteiger partial charge in [-0.15, -0.1) is 0 Å². The van der Waals surface area contributed by atoms with E-state index in [2.05, 4.69) is 119 Å². The lowest BCUT2D eigenvalue weighted by Gasteiger charge is -2.10. The first-order valence-electron chi connectivity index (χ1n) is 16.7. The quantitative estimate of drug-likeness (QED) is 0.177. The average Bonchev–Trinajstić information content (AvgIpc) is 3.76. The maximum Gasteiger partial charge on any atom is 0.164 e. The molecule has 51 heavy (non-hydrogen) atoms. The molecule has 0 fully saturated rings. The van der Waals surface area contributed by atoms with Crippen LogP contribution in [0.15, 0.2) is 171 Å². The fourth-order valence-electron chi connectivity index (χ4n) is 6.83. The summed E-state index contributed by atoms with van der Waals surface area (Å²) < 4.78 is 13.5. The Morgan fingerprint density at radius 3 is 1.24 bits per heavy atom. The Morgan fingerprint density at radius 2 is 0.706 bits per heavy atom. The third-order valence-corrected chi connectivity index (χ3v) is 9.95. The minimum atomic E-state index is 0.561. The molecule has 0 N–H and O–H groups in total. The number of halogens is 1. The maximum atomic E-state index is 6.24. The van der Waals surface area contributed by atoms with Crippen LogP contribution in [0.4, 0.5) is 0 Å². The summed E-state index contributed by atoms with van der Waals surface area (Å²) in [6.45, 7) is 0. The highest BCUT2D eigenvalue weighted by molar-refractivity contribution is 9.10. The molecule has 0 aliphatic carbocycles. The van der Waals surface area contributed by atoms with Crippen molar-refractivity contribution >= 4 is 59.8 Å². The van der Waals surface area contributed by atoms with E-state index in [-0.39, 0.29) is 0 Å². The molecule has 0 atom stereocenters. The number of nitrogens with zero attached hydrogens (tertiary/aromatic N) is 3. The molecule has 0 spiro atoms. The van der Waals surface area contributed by atoms with Gasteiger partial charge in [-0.2, -0.15) is 0 Å². The summed E-state index contributed by atoms with van der Waals surface area (Å²) in [5.74, 6) is 1.70. The molecule has 3 aromatic heterocycles. The largest absolute Gasteiger partial charge is 0.456 e. The fourth-order valence-corrected chi connectivity index (χ4v) is 7.09. The first-order valence-corrected chi connectivity index (χ1v) is 17.5. The Labute approximate surface area is 301 Å². The van der Waals surface area contributed by atoms with Crippen LogP contribution in [-0.2, 0) is 0 Å². The summed E-state index contributed by atoms with van der Waals surface area (Å²) in [6.07, 6.45) is 0. The molecule has 5 nitrogen and oxygen atoms in total. The molecular formula is C45H26BrN3O2. The lowest BCUT2D eigenvalue weighted by atomic mass is 9.99. The van der Waals surface area contributed by atoms with Crippen molar-refractivity contribution in [3.63, 3.8) is 0 Å². The Balaban J connectivity index is 1.10. The van der Waals surface area contributed by atoms with Gasteiger partial charge in [-0.05, 0) is 76.9 Å². The van der Waals surface area contributed by atoms with Crippen LogP contribution in [0.25, 0.3) is 100 Å². The maximum absolute atomic E-state index is 6.24. The van der Waals surface area contributed by atoms with Gasteiger partial charge < -0.3 is 8.83 Å². The molecule has 10 rings (SSSR count). The highest BCUT2D eigenvalue weighted by atomic mass is 79.9. The number of furan rings is 2. The Kier molecular flexibility index (Phi) is 6.89. The molecule has 0 saturated carbocycles. The zero-order chi connectivity index (χ0) is 33.9. The molecule has 3 heterocycles.